The van der Waals surface area contributed by atoms with E-state index in [4.69, 9.17) is 4.74 Å². The summed E-state index contributed by atoms with van der Waals surface area (Å²) < 4.78 is 34.2. The van der Waals surface area contributed by atoms with Crippen LogP contribution in [0.5, 0.6) is 0 Å². The smallest absolute Gasteiger partial charge is 0.340 e. The average molecular weight is 463 g/mol. The lowest BCUT2D eigenvalue weighted by atomic mass is 10.2. The van der Waals surface area contributed by atoms with Crippen molar-refractivity contribution in [1.29, 1.82) is 0 Å². The maximum atomic E-state index is 13.6. The van der Waals surface area contributed by atoms with Crippen LogP contribution in [0.3, 0.4) is 0 Å². The van der Waals surface area contributed by atoms with Crippen molar-refractivity contribution in [2.24, 2.45) is 0 Å². The van der Waals surface area contributed by atoms with E-state index in [0.29, 0.717) is 10.9 Å². The standard InChI is InChI=1S/C23H17N3O6S/c27-21-17-8-1-3-10-19(17)24-23(29)26(21)15-6-5-7-16(14-15)33(30,31)25-12-13-32-22(28)18-9-2-4-11-20(18)25/h1-11,14H,12-13H2,(H,24,29). The number of ether oxygens (including phenoxy) is 1. The molecule has 10 heteroatoms. The summed E-state index contributed by atoms with van der Waals surface area (Å²) in [6.07, 6.45) is 0. The van der Waals surface area contributed by atoms with Crippen molar-refractivity contribution in [1.82, 2.24) is 9.55 Å². The number of cyclic esters (lactones) is 1. The minimum Gasteiger partial charge on any atom is -0.460 e. The first-order valence-corrected chi connectivity index (χ1v) is 11.5. The van der Waals surface area contributed by atoms with Crippen molar-refractivity contribution < 1.29 is 17.9 Å². The lowest BCUT2D eigenvalue weighted by molar-refractivity contribution is 0.0527. The van der Waals surface area contributed by atoms with Gasteiger partial charge >= 0.3 is 11.7 Å². The molecule has 0 aliphatic carbocycles. The molecule has 0 atom stereocenters. The molecule has 0 saturated heterocycles. The molecule has 4 aromatic rings. The first-order chi connectivity index (χ1) is 15.9. The highest BCUT2D eigenvalue weighted by atomic mass is 32.2. The zero-order valence-electron chi connectivity index (χ0n) is 17.1. The molecule has 9 nitrogen and oxygen atoms in total. The Morgan fingerprint density at radius 3 is 2.48 bits per heavy atom. The van der Waals surface area contributed by atoms with Crippen molar-refractivity contribution in [3.8, 4) is 5.69 Å². The Labute approximate surface area is 187 Å². The van der Waals surface area contributed by atoms with Gasteiger partial charge in [0, 0.05) is 0 Å². The molecule has 0 saturated carbocycles. The van der Waals surface area contributed by atoms with E-state index in [1.54, 1.807) is 36.4 Å². The molecular weight excluding hydrogens is 446 g/mol. The second kappa shape index (κ2) is 7.75. The highest BCUT2D eigenvalue weighted by Crippen LogP contribution is 2.30. The number of anilines is 1. The largest absolute Gasteiger partial charge is 0.460 e. The third-order valence-corrected chi connectivity index (χ3v) is 7.20. The van der Waals surface area contributed by atoms with Crippen LogP contribution >= 0.6 is 0 Å². The fraction of sp³-hybridized carbons (Fsp3) is 0.0870. The van der Waals surface area contributed by atoms with Crippen LogP contribution in [0.25, 0.3) is 16.6 Å². The highest BCUT2D eigenvalue weighted by molar-refractivity contribution is 7.92. The van der Waals surface area contributed by atoms with Gasteiger partial charge in [-0.05, 0) is 42.5 Å². The van der Waals surface area contributed by atoms with Gasteiger partial charge in [0.2, 0.25) is 0 Å². The molecule has 1 aromatic heterocycles. The topological polar surface area (TPSA) is 119 Å². The minimum atomic E-state index is -4.15. The molecule has 0 spiro atoms. The van der Waals surface area contributed by atoms with Crippen LogP contribution in [-0.4, -0.2) is 37.1 Å². The van der Waals surface area contributed by atoms with E-state index in [1.165, 1.54) is 36.4 Å². The van der Waals surface area contributed by atoms with Gasteiger partial charge in [-0.25, -0.2) is 22.6 Å². The molecule has 0 unspecified atom stereocenters. The second-order valence-corrected chi connectivity index (χ2v) is 9.21. The van der Waals surface area contributed by atoms with E-state index >= 15 is 0 Å². The number of aromatic nitrogens is 2. The van der Waals surface area contributed by atoms with Crippen molar-refractivity contribution in [2.45, 2.75) is 4.90 Å². The van der Waals surface area contributed by atoms with Gasteiger partial charge in [-0.2, -0.15) is 0 Å². The zero-order chi connectivity index (χ0) is 23.2. The number of nitrogens with one attached hydrogen (secondary N) is 1. The summed E-state index contributed by atoms with van der Waals surface area (Å²) in [6.45, 7) is -0.192. The summed E-state index contributed by atoms with van der Waals surface area (Å²) in [5.41, 5.74) is -0.430. The number of nitrogens with zero attached hydrogens (tertiary/aromatic N) is 2. The van der Waals surface area contributed by atoms with Gasteiger partial charge < -0.3 is 9.72 Å². The molecular formula is C23H17N3O6S. The number of esters is 1. The van der Waals surface area contributed by atoms with Gasteiger partial charge in [-0.15, -0.1) is 0 Å². The first-order valence-electron chi connectivity index (χ1n) is 10.0. The number of rotatable bonds is 3. The summed E-state index contributed by atoms with van der Waals surface area (Å²) in [7, 11) is -4.15. The molecule has 0 fully saturated rings. The fourth-order valence-electron chi connectivity index (χ4n) is 3.84. The molecule has 2 heterocycles. The van der Waals surface area contributed by atoms with E-state index in [2.05, 4.69) is 4.98 Å². The van der Waals surface area contributed by atoms with Gasteiger partial charge in [0.1, 0.15) is 6.61 Å². The Morgan fingerprint density at radius 1 is 0.879 bits per heavy atom. The predicted octanol–water partition coefficient (Wildman–Crippen LogP) is 2.04. The third kappa shape index (κ3) is 3.40. The Morgan fingerprint density at radius 2 is 1.64 bits per heavy atom. The van der Waals surface area contributed by atoms with Gasteiger partial charge in [-0.1, -0.05) is 30.3 Å². The maximum Gasteiger partial charge on any atom is 0.340 e. The van der Waals surface area contributed by atoms with E-state index in [0.717, 1.165) is 8.87 Å². The Bertz CT molecular complexity index is 1640. The molecule has 33 heavy (non-hydrogen) atoms. The number of aromatic amines is 1. The summed E-state index contributed by atoms with van der Waals surface area (Å²) >= 11 is 0. The third-order valence-electron chi connectivity index (χ3n) is 5.39. The molecule has 1 N–H and O–H groups in total. The van der Waals surface area contributed by atoms with Crippen molar-refractivity contribution >= 4 is 32.6 Å². The van der Waals surface area contributed by atoms with E-state index in [1.807, 2.05) is 0 Å². The van der Waals surface area contributed by atoms with Crippen LogP contribution in [0.2, 0.25) is 0 Å². The quantitative estimate of drug-likeness (QED) is 0.465. The van der Waals surface area contributed by atoms with Crippen LogP contribution in [0.15, 0.2) is 87.3 Å². The van der Waals surface area contributed by atoms with E-state index in [-0.39, 0.29) is 35.0 Å². The van der Waals surface area contributed by atoms with Crippen LogP contribution < -0.4 is 15.6 Å². The highest BCUT2D eigenvalue weighted by Gasteiger charge is 2.31. The molecule has 1 aliphatic rings. The van der Waals surface area contributed by atoms with Crippen molar-refractivity contribution in [2.75, 3.05) is 17.5 Å². The Hall–Kier alpha value is -4.18. The first kappa shape index (κ1) is 20.7. The number of hydrogen-bond donors (Lipinski definition) is 1. The second-order valence-electron chi connectivity index (χ2n) is 7.34. The number of para-hydroxylation sites is 2. The normalized spacial score (nSPS) is 13.9. The van der Waals surface area contributed by atoms with Crippen LogP contribution in [0.1, 0.15) is 10.4 Å². The number of sulfonamides is 1. The molecule has 5 rings (SSSR count). The Balaban J connectivity index is 1.66. The van der Waals surface area contributed by atoms with E-state index < -0.39 is 27.2 Å². The van der Waals surface area contributed by atoms with Gasteiger partial charge in [0.15, 0.2) is 0 Å². The summed E-state index contributed by atoms with van der Waals surface area (Å²) in [4.78, 5) is 40.4. The van der Waals surface area contributed by atoms with Crippen molar-refractivity contribution in [3.05, 3.63) is 99.2 Å². The molecule has 166 valence electrons. The van der Waals surface area contributed by atoms with E-state index in [9.17, 15) is 22.8 Å². The predicted molar refractivity (Wildman–Crippen MR) is 121 cm³/mol. The number of H-pyrrole nitrogens is 1. The molecule has 3 aromatic carbocycles. The fourth-order valence-corrected chi connectivity index (χ4v) is 5.35. The van der Waals surface area contributed by atoms with Crippen LogP contribution in [0.4, 0.5) is 5.69 Å². The molecule has 0 amide bonds. The lowest BCUT2D eigenvalue weighted by Crippen LogP contribution is -2.35. The minimum absolute atomic E-state index is 0.0776. The number of carbonyl (C=O) groups excluding carboxylic acids is 1. The molecule has 1 aliphatic heterocycles. The van der Waals surface area contributed by atoms with Crippen LogP contribution in [0, 0.1) is 0 Å². The monoisotopic (exact) mass is 463 g/mol. The maximum absolute atomic E-state index is 13.6. The SMILES string of the molecule is O=C1OCCN(S(=O)(=O)c2cccc(-n3c(=O)[nH]c4ccccc4c3=O)c2)c2ccccc21. The molecule has 0 radical (unpaired) electrons. The number of carbonyl (C=O) groups is 1. The number of hydrogen-bond acceptors (Lipinski definition) is 6. The van der Waals surface area contributed by atoms with Gasteiger partial charge in [0.05, 0.1) is 39.3 Å². The average Bonchev–Trinajstić information content (AvgIpc) is 2.99. The zero-order valence-corrected chi connectivity index (χ0v) is 17.9. The van der Waals surface area contributed by atoms with Gasteiger partial charge in [0.25, 0.3) is 15.6 Å². The summed E-state index contributed by atoms with van der Waals surface area (Å²) in [6, 6.07) is 18.4. The number of benzene rings is 3. The van der Waals surface area contributed by atoms with Gasteiger partial charge in [-0.3, -0.25) is 9.10 Å². The number of fused-ring (bicyclic) bond motifs is 2. The molecule has 0 bridgehead atoms. The summed E-state index contributed by atoms with van der Waals surface area (Å²) in [5.74, 6) is -0.605. The Kier molecular flexibility index (Phi) is 4.86. The summed E-state index contributed by atoms with van der Waals surface area (Å²) in [5, 5.41) is 0.294. The van der Waals surface area contributed by atoms with Crippen LogP contribution in [-0.2, 0) is 14.8 Å². The van der Waals surface area contributed by atoms with Crippen molar-refractivity contribution in [3.63, 3.8) is 0 Å². The lowest BCUT2D eigenvalue weighted by Gasteiger charge is -2.23.